The van der Waals surface area contributed by atoms with Crippen LogP contribution in [-0.2, 0) is 4.79 Å². The summed E-state index contributed by atoms with van der Waals surface area (Å²) >= 11 is 0. The number of anilines is 2. The highest BCUT2D eigenvalue weighted by Gasteiger charge is 2.20. The third kappa shape index (κ3) is 4.23. The summed E-state index contributed by atoms with van der Waals surface area (Å²) in [6.07, 6.45) is 1.77. The van der Waals surface area contributed by atoms with Crippen molar-refractivity contribution in [2.45, 2.75) is 27.2 Å². The fourth-order valence-corrected chi connectivity index (χ4v) is 2.66. The van der Waals surface area contributed by atoms with Crippen molar-refractivity contribution < 1.29 is 9.59 Å². The molecule has 2 aromatic carbocycles. The fraction of sp³-hybridized carbons (Fsp3) is 0.190. The average Bonchev–Trinajstić information content (AvgIpc) is 3.06. The van der Waals surface area contributed by atoms with Crippen molar-refractivity contribution in [1.29, 1.82) is 0 Å². The first-order valence-corrected chi connectivity index (χ1v) is 8.81. The van der Waals surface area contributed by atoms with E-state index in [0.29, 0.717) is 23.5 Å². The molecule has 2 N–H and O–H groups in total. The number of rotatable bonds is 5. The first kappa shape index (κ1) is 18.4. The Balaban J connectivity index is 1.97. The summed E-state index contributed by atoms with van der Waals surface area (Å²) in [6.45, 7) is 5.71. The van der Waals surface area contributed by atoms with Gasteiger partial charge in [-0.25, -0.2) is 4.68 Å². The number of hydrogen-bond donors (Lipinski definition) is 2. The van der Waals surface area contributed by atoms with Crippen molar-refractivity contribution in [3.05, 3.63) is 71.4 Å². The molecule has 1 heterocycles. The number of aromatic nitrogens is 2. The number of benzene rings is 2. The standard InChI is InChI=1S/C21H22N4O2/c1-4-19(26)24-20-18(21(27)23-16-7-5-6-15(3)12-16)13-22-25(20)17-10-8-14(2)9-11-17/h5-13H,4H2,1-3H3,(H,23,27)(H,24,26). The summed E-state index contributed by atoms with van der Waals surface area (Å²) in [4.78, 5) is 24.8. The molecule has 3 rings (SSSR count). The minimum atomic E-state index is -0.328. The summed E-state index contributed by atoms with van der Waals surface area (Å²) in [5, 5.41) is 9.99. The van der Waals surface area contributed by atoms with Crippen molar-refractivity contribution in [3.63, 3.8) is 0 Å². The molecule has 0 aliphatic carbocycles. The normalized spacial score (nSPS) is 10.5. The Hall–Kier alpha value is -3.41. The summed E-state index contributed by atoms with van der Waals surface area (Å²) < 4.78 is 1.57. The molecular formula is C21H22N4O2. The van der Waals surface area contributed by atoms with E-state index in [9.17, 15) is 9.59 Å². The van der Waals surface area contributed by atoms with E-state index < -0.39 is 0 Å². The molecule has 6 heteroatoms. The van der Waals surface area contributed by atoms with Crippen LogP contribution in [0, 0.1) is 13.8 Å². The van der Waals surface area contributed by atoms with Crippen LogP contribution in [-0.4, -0.2) is 21.6 Å². The van der Waals surface area contributed by atoms with E-state index in [2.05, 4.69) is 15.7 Å². The van der Waals surface area contributed by atoms with Crippen LogP contribution in [0.3, 0.4) is 0 Å². The summed E-state index contributed by atoms with van der Waals surface area (Å²) in [5.74, 6) is -0.158. The molecule has 138 valence electrons. The van der Waals surface area contributed by atoms with Gasteiger partial charge in [0.05, 0.1) is 11.9 Å². The predicted molar refractivity (Wildman–Crippen MR) is 106 cm³/mol. The number of carbonyl (C=O) groups is 2. The molecule has 27 heavy (non-hydrogen) atoms. The smallest absolute Gasteiger partial charge is 0.261 e. The fourth-order valence-electron chi connectivity index (χ4n) is 2.66. The molecular weight excluding hydrogens is 340 g/mol. The van der Waals surface area contributed by atoms with Gasteiger partial charge < -0.3 is 10.6 Å². The predicted octanol–water partition coefficient (Wildman–Crippen LogP) is 4.09. The van der Waals surface area contributed by atoms with Crippen LogP contribution in [0.15, 0.2) is 54.7 Å². The van der Waals surface area contributed by atoms with Crippen molar-refractivity contribution >= 4 is 23.3 Å². The Morgan fingerprint density at radius 3 is 2.41 bits per heavy atom. The molecule has 0 unspecified atom stereocenters. The van der Waals surface area contributed by atoms with Crippen molar-refractivity contribution in [2.24, 2.45) is 0 Å². The van der Waals surface area contributed by atoms with E-state index in [4.69, 9.17) is 0 Å². The second kappa shape index (κ2) is 7.86. The highest BCUT2D eigenvalue weighted by Crippen LogP contribution is 2.22. The van der Waals surface area contributed by atoms with Crippen LogP contribution in [0.2, 0.25) is 0 Å². The Kier molecular flexibility index (Phi) is 5.35. The lowest BCUT2D eigenvalue weighted by atomic mass is 10.2. The lowest BCUT2D eigenvalue weighted by molar-refractivity contribution is -0.115. The monoisotopic (exact) mass is 362 g/mol. The SMILES string of the molecule is CCC(=O)Nc1c(C(=O)Nc2cccc(C)c2)cnn1-c1ccc(C)cc1. The maximum atomic E-state index is 12.8. The second-order valence-electron chi connectivity index (χ2n) is 6.38. The Bertz CT molecular complexity index is 974. The van der Waals surface area contributed by atoms with Crippen LogP contribution in [0.4, 0.5) is 11.5 Å². The zero-order valence-corrected chi connectivity index (χ0v) is 15.6. The maximum Gasteiger partial charge on any atom is 0.261 e. The molecule has 0 fully saturated rings. The molecule has 0 aliphatic rings. The Morgan fingerprint density at radius 1 is 1.00 bits per heavy atom. The highest BCUT2D eigenvalue weighted by molar-refractivity contribution is 6.09. The van der Waals surface area contributed by atoms with Gasteiger partial charge in [0.25, 0.3) is 5.91 Å². The van der Waals surface area contributed by atoms with Crippen molar-refractivity contribution in [2.75, 3.05) is 10.6 Å². The topological polar surface area (TPSA) is 76.0 Å². The quantitative estimate of drug-likeness (QED) is 0.718. The molecule has 0 bridgehead atoms. The summed E-state index contributed by atoms with van der Waals surface area (Å²) in [5.41, 5.74) is 3.92. The average molecular weight is 362 g/mol. The molecule has 2 amide bonds. The lowest BCUT2D eigenvalue weighted by Gasteiger charge is -2.11. The van der Waals surface area contributed by atoms with Crippen LogP contribution in [0.25, 0.3) is 5.69 Å². The van der Waals surface area contributed by atoms with Crippen LogP contribution in [0.1, 0.15) is 34.8 Å². The van der Waals surface area contributed by atoms with E-state index in [1.165, 1.54) is 6.20 Å². The van der Waals surface area contributed by atoms with Crippen LogP contribution >= 0.6 is 0 Å². The van der Waals surface area contributed by atoms with E-state index in [1.807, 2.05) is 62.4 Å². The zero-order valence-electron chi connectivity index (χ0n) is 15.6. The number of amides is 2. The third-order valence-corrected chi connectivity index (χ3v) is 4.15. The number of hydrogen-bond acceptors (Lipinski definition) is 3. The van der Waals surface area contributed by atoms with Gasteiger partial charge >= 0.3 is 0 Å². The molecule has 0 saturated heterocycles. The minimum Gasteiger partial charge on any atom is -0.322 e. The van der Waals surface area contributed by atoms with E-state index in [-0.39, 0.29) is 11.8 Å². The maximum absolute atomic E-state index is 12.8. The summed E-state index contributed by atoms with van der Waals surface area (Å²) in [7, 11) is 0. The van der Waals surface area contributed by atoms with Gasteiger partial charge in [-0.1, -0.05) is 36.8 Å². The number of carbonyl (C=O) groups excluding carboxylic acids is 2. The van der Waals surface area contributed by atoms with Crippen LogP contribution < -0.4 is 10.6 Å². The lowest BCUT2D eigenvalue weighted by Crippen LogP contribution is -2.19. The largest absolute Gasteiger partial charge is 0.322 e. The molecule has 0 saturated carbocycles. The van der Waals surface area contributed by atoms with Gasteiger partial charge in [0.15, 0.2) is 0 Å². The van der Waals surface area contributed by atoms with Crippen molar-refractivity contribution in [1.82, 2.24) is 9.78 Å². The highest BCUT2D eigenvalue weighted by atomic mass is 16.2. The van der Waals surface area contributed by atoms with Gasteiger partial charge in [-0.05, 0) is 43.7 Å². The van der Waals surface area contributed by atoms with Gasteiger partial charge in [0.1, 0.15) is 11.4 Å². The van der Waals surface area contributed by atoms with Crippen molar-refractivity contribution in [3.8, 4) is 5.69 Å². The molecule has 1 aromatic heterocycles. The van der Waals surface area contributed by atoms with Gasteiger partial charge in [0.2, 0.25) is 5.91 Å². The van der Waals surface area contributed by atoms with Gasteiger partial charge in [0, 0.05) is 12.1 Å². The molecule has 0 radical (unpaired) electrons. The Morgan fingerprint density at radius 2 is 1.74 bits per heavy atom. The number of aryl methyl sites for hydroxylation is 2. The molecule has 0 spiro atoms. The number of nitrogens with one attached hydrogen (secondary N) is 2. The van der Waals surface area contributed by atoms with E-state index in [0.717, 1.165) is 16.8 Å². The Labute approximate surface area is 158 Å². The first-order valence-electron chi connectivity index (χ1n) is 8.81. The second-order valence-corrected chi connectivity index (χ2v) is 6.38. The minimum absolute atomic E-state index is 0.187. The molecule has 0 aliphatic heterocycles. The molecule has 6 nitrogen and oxygen atoms in total. The third-order valence-electron chi connectivity index (χ3n) is 4.15. The zero-order chi connectivity index (χ0) is 19.4. The van der Waals surface area contributed by atoms with Gasteiger partial charge in [-0.2, -0.15) is 5.10 Å². The number of nitrogens with zero attached hydrogens (tertiary/aromatic N) is 2. The van der Waals surface area contributed by atoms with Gasteiger partial charge in [-0.15, -0.1) is 0 Å². The molecule has 0 atom stereocenters. The first-order chi connectivity index (χ1) is 13.0. The molecule has 3 aromatic rings. The van der Waals surface area contributed by atoms with Crippen LogP contribution in [0.5, 0.6) is 0 Å². The van der Waals surface area contributed by atoms with E-state index >= 15 is 0 Å². The van der Waals surface area contributed by atoms with E-state index in [1.54, 1.807) is 11.6 Å². The van der Waals surface area contributed by atoms with Gasteiger partial charge in [-0.3, -0.25) is 9.59 Å². The summed E-state index contributed by atoms with van der Waals surface area (Å²) in [6, 6.07) is 15.2.